The summed E-state index contributed by atoms with van der Waals surface area (Å²) in [4.78, 5) is 11.9. The van der Waals surface area contributed by atoms with Crippen LogP contribution >= 0.6 is 0 Å². The fourth-order valence-corrected chi connectivity index (χ4v) is 2.04. The van der Waals surface area contributed by atoms with Crippen LogP contribution in [-0.2, 0) is 4.79 Å². The van der Waals surface area contributed by atoms with Crippen molar-refractivity contribution >= 4 is 12.0 Å². The smallest absolute Gasteiger partial charge is 0.244 e. The Bertz CT molecular complexity index is 668. The van der Waals surface area contributed by atoms with E-state index in [0.29, 0.717) is 5.56 Å². The molecular formula is C18H18FNO2. The number of hydrogen-bond acceptors (Lipinski definition) is 2. The lowest BCUT2D eigenvalue weighted by Crippen LogP contribution is -2.24. The third kappa shape index (κ3) is 4.19. The number of methoxy groups -OCH3 is 1. The lowest BCUT2D eigenvalue weighted by Gasteiger charge is -2.12. The lowest BCUT2D eigenvalue weighted by atomic mass is 10.1. The number of halogens is 1. The van der Waals surface area contributed by atoms with E-state index in [-0.39, 0.29) is 17.7 Å². The van der Waals surface area contributed by atoms with E-state index >= 15 is 0 Å². The van der Waals surface area contributed by atoms with E-state index in [1.165, 1.54) is 25.3 Å². The minimum Gasteiger partial charge on any atom is -0.494 e. The Morgan fingerprint density at radius 3 is 2.59 bits per heavy atom. The largest absolute Gasteiger partial charge is 0.494 e. The van der Waals surface area contributed by atoms with Crippen LogP contribution in [0.15, 0.2) is 54.6 Å². The molecule has 0 saturated heterocycles. The number of ether oxygens (including phenoxy) is 1. The van der Waals surface area contributed by atoms with Crippen molar-refractivity contribution < 1.29 is 13.9 Å². The van der Waals surface area contributed by atoms with Gasteiger partial charge in [-0.3, -0.25) is 4.79 Å². The molecule has 0 aromatic heterocycles. The highest BCUT2D eigenvalue weighted by molar-refractivity contribution is 5.92. The number of benzene rings is 2. The number of amides is 1. The van der Waals surface area contributed by atoms with Gasteiger partial charge < -0.3 is 10.1 Å². The summed E-state index contributed by atoms with van der Waals surface area (Å²) in [6, 6.07) is 14.1. The lowest BCUT2D eigenvalue weighted by molar-refractivity contribution is -0.117. The Labute approximate surface area is 129 Å². The monoisotopic (exact) mass is 299 g/mol. The van der Waals surface area contributed by atoms with E-state index in [4.69, 9.17) is 4.74 Å². The summed E-state index contributed by atoms with van der Waals surface area (Å²) in [5.41, 5.74) is 1.63. The van der Waals surface area contributed by atoms with Gasteiger partial charge in [0, 0.05) is 6.08 Å². The summed E-state index contributed by atoms with van der Waals surface area (Å²) in [5.74, 6) is -0.505. The van der Waals surface area contributed by atoms with E-state index in [1.54, 1.807) is 12.1 Å². The molecule has 0 radical (unpaired) electrons. The van der Waals surface area contributed by atoms with Gasteiger partial charge in [-0.25, -0.2) is 4.39 Å². The molecule has 0 bridgehead atoms. The minimum atomic E-state index is -0.456. The second-order valence-electron chi connectivity index (χ2n) is 4.87. The molecule has 0 aliphatic heterocycles. The van der Waals surface area contributed by atoms with Crippen LogP contribution in [0.25, 0.3) is 6.08 Å². The van der Waals surface area contributed by atoms with Crippen molar-refractivity contribution in [2.24, 2.45) is 0 Å². The van der Waals surface area contributed by atoms with Crippen molar-refractivity contribution in [3.05, 3.63) is 71.6 Å². The molecular weight excluding hydrogens is 281 g/mol. The Balaban J connectivity index is 1.98. The first-order chi connectivity index (χ1) is 10.6. The SMILES string of the molecule is COc1ccc(/C=C/C(=O)N[C@H](C)c2ccccc2)cc1F. The Hall–Kier alpha value is -2.62. The van der Waals surface area contributed by atoms with Gasteiger partial charge >= 0.3 is 0 Å². The van der Waals surface area contributed by atoms with Crippen molar-refractivity contribution in [1.29, 1.82) is 0 Å². The van der Waals surface area contributed by atoms with Gasteiger partial charge in [-0.15, -0.1) is 0 Å². The van der Waals surface area contributed by atoms with E-state index in [9.17, 15) is 9.18 Å². The summed E-state index contributed by atoms with van der Waals surface area (Å²) in [6.07, 6.45) is 2.95. The van der Waals surface area contributed by atoms with Gasteiger partial charge in [-0.1, -0.05) is 36.4 Å². The first-order valence-electron chi connectivity index (χ1n) is 6.97. The predicted molar refractivity (Wildman–Crippen MR) is 85.0 cm³/mol. The molecule has 0 heterocycles. The van der Waals surface area contributed by atoms with Crippen molar-refractivity contribution in [1.82, 2.24) is 5.32 Å². The van der Waals surface area contributed by atoms with E-state index in [0.717, 1.165) is 5.56 Å². The van der Waals surface area contributed by atoms with Crippen LogP contribution in [0.5, 0.6) is 5.75 Å². The van der Waals surface area contributed by atoms with Crippen LogP contribution in [-0.4, -0.2) is 13.0 Å². The third-order valence-corrected chi connectivity index (χ3v) is 3.26. The van der Waals surface area contributed by atoms with Gasteiger partial charge in [0.05, 0.1) is 13.2 Å². The molecule has 0 unspecified atom stereocenters. The summed E-state index contributed by atoms with van der Waals surface area (Å²) in [5, 5.41) is 2.86. The number of nitrogens with one attached hydrogen (secondary N) is 1. The molecule has 0 saturated carbocycles. The van der Waals surface area contributed by atoms with Gasteiger partial charge in [0.25, 0.3) is 0 Å². The molecule has 2 aromatic carbocycles. The summed E-state index contributed by atoms with van der Waals surface area (Å²) in [7, 11) is 1.41. The maximum atomic E-state index is 13.5. The van der Waals surface area contributed by atoms with Crippen LogP contribution in [0.2, 0.25) is 0 Å². The standard InChI is InChI=1S/C18H18FNO2/c1-13(15-6-4-3-5-7-15)20-18(21)11-9-14-8-10-17(22-2)16(19)12-14/h3-13H,1-2H3,(H,20,21)/b11-9+/t13-/m1/s1. The second kappa shape index (κ2) is 7.41. The Morgan fingerprint density at radius 1 is 1.23 bits per heavy atom. The Kier molecular flexibility index (Phi) is 5.31. The molecule has 0 spiro atoms. The zero-order chi connectivity index (χ0) is 15.9. The topological polar surface area (TPSA) is 38.3 Å². The summed E-state index contributed by atoms with van der Waals surface area (Å²) < 4.78 is 18.4. The molecule has 0 fully saturated rings. The molecule has 2 rings (SSSR count). The molecule has 4 heteroatoms. The van der Waals surface area contributed by atoms with Gasteiger partial charge in [0.15, 0.2) is 11.6 Å². The molecule has 114 valence electrons. The number of rotatable bonds is 5. The molecule has 1 amide bonds. The van der Waals surface area contributed by atoms with Crippen LogP contribution in [0.1, 0.15) is 24.1 Å². The molecule has 0 aliphatic rings. The van der Waals surface area contributed by atoms with Crippen LogP contribution < -0.4 is 10.1 Å². The summed E-state index contributed by atoms with van der Waals surface area (Å²) >= 11 is 0. The van der Waals surface area contributed by atoms with Crippen LogP contribution in [0, 0.1) is 5.82 Å². The molecule has 0 aliphatic carbocycles. The van der Waals surface area contributed by atoms with Crippen LogP contribution in [0.3, 0.4) is 0 Å². The molecule has 22 heavy (non-hydrogen) atoms. The fourth-order valence-electron chi connectivity index (χ4n) is 2.04. The zero-order valence-corrected chi connectivity index (χ0v) is 12.5. The Morgan fingerprint density at radius 2 is 1.95 bits per heavy atom. The maximum absolute atomic E-state index is 13.5. The van der Waals surface area contributed by atoms with Gasteiger partial charge in [-0.2, -0.15) is 0 Å². The fraction of sp³-hybridized carbons (Fsp3) is 0.167. The van der Waals surface area contributed by atoms with Gasteiger partial charge in [0.2, 0.25) is 5.91 Å². The number of carbonyl (C=O) groups is 1. The molecule has 3 nitrogen and oxygen atoms in total. The number of carbonyl (C=O) groups excluding carboxylic acids is 1. The molecule has 1 N–H and O–H groups in total. The highest BCUT2D eigenvalue weighted by atomic mass is 19.1. The summed E-state index contributed by atoms with van der Waals surface area (Å²) in [6.45, 7) is 1.91. The van der Waals surface area contributed by atoms with Crippen molar-refractivity contribution in [2.45, 2.75) is 13.0 Å². The van der Waals surface area contributed by atoms with Gasteiger partial charge in [-0.05, 0) is 36.3 Å². The first kappa shape index (κ1) is 15.8. The normalized spacial score (nSPS) is 12.1. The first-order valence-corrected chi connectivity index (χ1v) is 6.97. The minimum absolute atomic E-state index is 0.0917. The predicted octanol–water partition coefficient (Wildman–Crippen LogP) is 3.72. The average molecular weight is 299 g/mol. The molecule has 1 atom stereocenters. The highest BCUT2D eigenvalue weighted by Crippen LogP contribution is 2.18. The van der Waals surface area contributed by atoms with E-state index in [2.05, 4.69) is 5.32 Å². The van der Waals surface area contributed by atoms with Crippen molar-refractivity contribution in [3.8, 4) is 5.75 Å². The van der Waals surface area contributed by atoms with Gasteiger partial charge in [0.1, 0.15) is 0 Å². The van der Waals surface area contributed by atoms with E-state index in [1.807, 2.05) is 37.3 Å². The third-order valence-electron chi connectivity index (χ3n) is 3.26. The average Bonchev–Trinajstić information content (AvgIpc) is 2.54. The quantitative estimate of drug-likeness (QED) is 0.854. The highest BCUT2D eigenvalue weighted by Gasteiger charge is 2.07. The van der Waals surface area contributed by atoms with Crippen molar-refractivity contribution in [3.63, 3.8) is 0 Å². The second-order valence-corrected chi connectivity index (χ2v) is 4.87. The van der Waals surface area contributed by atoms with Crippen LogP contribution in [0.4, 0.5) is 4.39 Å². The van der Waals surface area contributed by atoms with E-state index < -0.39 is 5.82 Å². The number of hydrogen-bond donors (Lipinski definition) is 1. The molecule has 2 aromatic rings. The van der Waals surface area contributed by atoms with Crippen molar-refractivity contribution in [2.75, 3.05) is 7.11 Å². The maximum Gasteiger partial charge on any atom is 0.244 e. The zero-order valence-electron chi connectivity index (χ0n) is 12.5.